The van der Waals surface area contributed by atoms with E-state index in [-0.39, 0.29) is 12.1 Å². The quantitative estimate of drug-likeness (QED) is 0.866. The summed E-state index contributed by atoms with van der Waals surface area (Å²) in [7, 11) is 0. The van der Waals surface area contributed by atoms with E-state index in [9.17, 15) is 5.11 Å². The van der Waals surface area contributed by atoms with Crippen LogP contribution in [-0.4, -0.2) is 28.3 Å². The Hall–Kier alpha value is -0.670. The topological polar surface area (TPSA) is 32.3 Å². The molecule has 0 aliphatic carbocycles. The molecule has 1 fully saturated rings. The number of nitrogens with one attached hydrogen (secondary N) is 1. The van der Waals surface area contributed by atoms with Crippen LogP contribution >= 0.6 is 11.8 Å². The fourth-order valence-electron chi connectivity index (χ4n) is 2.43. The zero-order valence-corrected chi connectivity index (χ0v) is 11.4. The van der Waals surface area contributed by atoms with E-state index in [1.54, 1.807) is 0 Å². The second-order valence-electron chi connectivity index (χ2n) is 4.93. The van der Waals surface area contributed by atoms with E-state index in [4.69, 9.17) is 0 Å². The van der Waals surface area contributed by atoms with Gasteiger partial charge in [0, 0.05) is 10.9 Å². The molecule has 0 saturated carbocycles. The minimum absolute atomic E-state index is 0.156. The molecule has 94 valence electrons. The van der Waals surface area contributed by atoms with Crippen molar-refractivity contribution in [3.05, 3.63) is 29.8 Å². The molecule has 3 heteroatoms. The molecular formula is C14H21NOS. The molecule has 2 nitrogen and oxygen atoms in total. The van der Waals surface area contributed by atoms with Gasteiger partial charge in [0.15, 0.2) is 0 Å². The minimum Gasteiger partial charge on any atom is -0.394 e. The number of hydrogen-bond acceptors (Lipinski definition) is 3. The Morgan fingerprint density at radius 2 is 2.35 bits per heavy atom. The van der Waals surface area contributed by atoms with E-state index in [2.05, 4.69) is 43.4 Å². The maximum Gasteiger partial charge on any atom is 0.0719 e. The van der Waals surface area contributed by atoms with Gasteiger partial charge in [0.25, 0.3) is 0 Å². The Balaban J connectivity index is 2.18. The Labute approximate surface area is 108 Å². The molecular weight excluding hydrogens is 230 g/mol. The molecule has 1 aliphatic rings. The van der Waals surface area contributed by atoms with Gasteiger partial charge in [-0.25, -0.2) is 0 Å². The molecule has 1 heterocycles. The van der Waals surface area contributed by atoms with Gasteiger partial charge in [-0.2, -0.15) is 11.8 Å². The normalized spacial score (nSPS) is 29.0. The van der Waals surface area contributed by atoms with Gasteiger partial charge < -0.3 is 10.4 Å². The number of aryl methyl sites for hydroxylation is 1. The zero-order chi connectivity index (χ0) is 12.3. The fraction of sp³-hybridized carbons (Fsp3) is 0.571. The monoisotopic (exact) mass is 251 g/mol. The van der Waals surface area contributed by atoms with E-state index in [1.807, 2.05) is 11.8 Å². The Morgan fingerprint density at radius 3 is 3.00 bits per heavy atom. The first-order valence-electron chi connectivity index (χ1n) is 6.24. The van der Waals surface area contributed by atoms with E-state index in [1.165, 1.54) is 17.7 Å². The molecule has 0 aromatic heterocycles. The standard InChI is InChI=1S/C14H21NOS/c1-11-5-3-6-13(9-11)15-14(10-16)7-4-8-17-12(14)2/h3,5-6,9,12,15-16H,4,7-8,10H2,1-2H3. The molecule has 0 spiro atoms. The lowest BCUT2D eigenvalue weighted by molar-refractivity contribution is 0.198. The molecule has 2 N–H and O–H groups in total. The third kappa shape index (κ3) is 2.78. The molecule has 17 heavy (non-hydrogen) atoms. The van der Waals surface area contributed by atoms with E-state index < -0.39 is 0 Å². The number of aliphatic hydroxyl groups is 1. The summed E-state index contributed by atoms with van der Waals surface area (Å²) in [6.07, 6.45) is 2.22. The van der Waals surface area contributed by atoms with E-state index in [0.717, 1.165) is 12.1 Å². The summed E-state index contributed by atoms with van der Waals surface area (Å²) < 4.78 is 0. The molecule has 2 unspecified atom stereocenters. The Kier molecular flexibility index (Phi) is 4.00. The first-order chi connectivity index (χ1) is 8.16. The molecule has 0 amide bonds. The van der Waals surface area contributed by atoms with Gasteiger partial charge in [-0.15, -0.1) is 0 Å². The molecule has 2 rings (SSSR count). The molecule has 2 atom stereocenters. The van der Waals surface area contributed by atoms with Crippen LogP contribution in [0.25, 0.3) is 0 Å². The van der Waals surface area contributed by atoms with Crippen molar-refractivity contribution in [3.63, 3.8) is 0 Å². The highest BCUT2D eigenvalue weighted by molar-refractivity contribution is 8.00. The van der Waals surface area contributed by atoms with Gasteiger partial charge in [-0.1, -0.05) is 19.1 Å². The lowest BCUT2D eigenvalue weighted by atomic mass is 9.90. The van der Waals surface area contributed by atoms with Crippen molar-refractivity contribution in [1.82, 2.24) is 0 Å². The molecule has 1 aromatic carbocycles. The average Bonchev–Trinajstić information content (AvgIpc) is 2.32. The van der Waals surface area contributed by atoms with Crippen molar-refractivity contribution >= 4 is 17.4 Å². The SMILES string of the molecule is Cc1cccc(NC2(CO)CCCSC2C)c1. The van der Waals surface area contributed by atoms with Crippen LogP contribution < -0.4 is 5.32 Å². The van der Waals surface area contributed by atoms with Crippen molar-refractivity contribution in [2.45, 2.75) is 37.5 Å². The van der Waals surface area contributed by atoms with Crippen LogP contribution in [0.2, 0.25) is 0 Å². The Bertz CT molecular complexity index is 382. The number of hydrogen-bond donors (Lipinski definition) is 2. The number of thioether (sulfide) groups is 1. The first kappa shape index (κ1) is 12.8. The van der Waals surface area contributed by atoms with Crippen molar-refractivity contribution in [3.8, 4) is 0 Å². The predicted molar refractivity (Wildman–Crippen MR) is 75.8 cm³/mol. The summed E-state index contributed by atoms with van der Waals surface area (Å²) in [5.74, 6) is 1.21. The lowest BCUT2D eigenvalue weighted by Crippen LogP contribution is -2.51. The number of rotatable bonds is 3. The molecule has 1 saturated heterocycles. The van der Waals surface area contributed by atoms with Crippen LogP contribution in [0.4, 0.5) is 5.69 Å². The van der Waals surface area contributed by atoms with Gasteiger partial charge in [-0.05, 0) is 43.2 Å². The summed E-state index contributed by atoms with van der Waals surface area (Å²) in [6.45, 7) is 4.51. The van der Waals surface area contributed by atoms with Crippen molar-refractivity contribution in [2.24, 2.45) is 0 Å². The van der Waals surface area contributed by atoms with Gasteiger partial charge in [0.05, 0.1) is 12.1 Å². The summed E-state index contributed by atoms with van der Waals surface area (Å²) >= 11 is 1.95. The largest absolute Gasteiger partial charge is 0.394 e. The number of benzene rings is 1. The zero-order valence-electron chi connectivity index (χ0n) is 10.6. The van der Waals surface area contributed by atoms with Crippen LogP contribution in [0.1, 0.15) is 25.3 Å². The minimum atomic E-state index is -0.156. The van der Waals surface area contributed by atoms with Gasteiger partial charge in [0.1, 0.15) is 0 Å². The van der Waals surface area contributed by atoms with Gasteiger partial charge in [-0.3, -0.25) is 0 Å². The molecule has 0 radical (unpaired) electrons. The van der Waals surface area contributed by atoms with E-state index in [0.29, 0.717) is 5.25 Å². The molecule has 1 aliphatic heterocycles. The van der Waals surface area contributed by atoms with Gasteiger partial charge in [0.2, 0.25) is 0 Å². The van der Waals surface area contributed by atoms with Crippen molar-refractivity contribution < 1.29 is 5.11 Å². The maximum atomic E-state index is 9.77. The van der Waals surface area contributed by atoms with Crippen LogP contribution in [0.15, 0.2) is 24.3 Å². The number of aliphatic hydroxyl groups excluding tert-OH is 1. The number of anilines is 1. The maximum absolute atomic E-state index is 9.77. The van der Waals surface area contributed by atoms with Crippen LogP contribution in [0.5, 0.6) is 0 Å². The molecule has 0 bridgehead atoms. The van der Waals surface area contributed by atoms with Crippen LogP contribution in [0.3, 0.4) is 0 Å². The highest BCUT2D eigenvalue weighted by atomic mass is 32.2. The first-order valence-corrected chi connectivity index (χ1v) is 7.28. The second kappa shape index (κ2) is 5.32. The second-order valence-corrected chi connectivity index (χ2v) is 6.37. The molecule has 1 aromatic rings. The van der Waals surface area contributed by atoms with Crippen molar-refractivity contribution in [1.29, 1.82) is 0 Å². The Morgan fingerprint density at radius 1 is 1.53 bits per heavy atom. The predicted octanol–water partition coefficient (Wildman–Crippen LogP) is 3.05. The fourth-order valence-corrected chi connectivity index (χ4v) is 3.67. The lowest BCUT2D eigenvalue weighted by Gasteiger charge is -2.42. The highest BCUT2D eigenvalue weighted by Crippen LogP contribution is 2.36. The van der Waals surface area contributed by atoms with Crippen molar-refractivity contribution in [2.75, 3.05) is 17.7 Å². The highest BCUT2D eigenvalue weighted by Gasteiger charge is 2.38. The smallest absolute Gasteiger partial charge is 0.0719 e. The third-order valence-corrected chi connectivity index (χ3v) is 5.08. The average molecular weight is 251 g/mol. The van der Waals surface area contributed by atoms with Crippen LogP contribution in [0, 0.1) is 6.92 Å². The summed E-state index contributed by atoms with van der Waals surface area (Å²) in [5.41, 5.74) is 2.21. The van der Waals surface area contributed by atoms with Gasteiger partial charge >= 0.3 is 0 Å². The van der Waals surface area contributed by atoms with E-state index >= 15 is 0 Å². The third-order valence-electron chi connectivity index (χ3n) is 3.61. The summed E-state index contributed by atoms with van der Waals surface area (Å²) in [5, 5.41) is 13.8. The summed E-state index contributed by atoms with van der Waals surface area (Å²) in [6, 6.07) is 8.37. The summed E-state index contributed by atoms with van der Waals surface area (Å²) in [4.78, 5) is 0. The van der Waals surface area contributed by atoms with Crippen LogP contribution in [-0.2, 0) is 0 Å².